The van der Waals surface area contributed by atoms with Gasteiger partial charge in [-0.2, -0.15) is 0 Å². The number of hydrogen-bond donors (Lipinski definition) is 2. The predicted octanol–water partition coefficient (Wildman–Crippen LogP) is 2.03. The van der Waals surface area contributed by atoms with Crippen LogP contribution in [0.15, 0.2) is 29.3 Å². The Morgan fingerprint density at radius 3 is 2.67 bits per heavy atom. The Bertz CT molecular complexity index is 526. The second kappa shape index (κ2) is 9.87. The van der Waals surface area contributed by atoms with Crippen molar-refractivity contribution in [3.05, 3.63) is 34.9 Å². The first-order valence-electron chi connectivity index (χ1n) is 8.77. The third-order valence-corrected chi connectivity index (χ3v) is 4.61. The molecule has 2 N–H and O–H groups in total. The Labute approximate surface area is 151 Å². The van der Waals surface area contributed by atoms with Crippen LogP contribution >= 0.6 is 11.6 Å². The zero-order valence-corrected chi connectivity index (χ0v) is 15.8. The Morgan fingerprint density at radius 2 is 2.00 bits per heavy atom. The first kappa shape index (κ1) is 19.0. The van der Waals surface area contributed by atoms with Crippen LogP contribution in [-0.2, 0) is 6.54 Å². The van der Waals surface area contributed by atoms with Crippen LogP contribution in [-0.4, -0.2) is 68.1 Å². The average Bonchev–Trinajstić information content (AvgIpc) is 2.58. The topological polar surface area (TPSA) is 42.9 Å². The Balaban J connectivity index is 1.84. The summed E-state index contributed by atoms with van der Waals surface area (Å²) in [6.45, 7) is 11.3. The van der Waals surface area contributed by atoms with E-state index in [4.69, 9.17) is 11.6 Å². The van der Waals surface area contributed by atoms with Crippen LogP contribution in [0.2, 0.25) is 5.02 Å². The monoisotopic (exact) mass is 351 g/mol. The minimum Gasteiger partial charge on any atom is -0.357 e. The molecule has 1 unspecified atom stereocenters. The minimum atomic E-state index is 0.494. The summed E-state index contributed by atoms with van der Waals surface area (Å²) in [7, 11) is 2.19. The van der Waals surface area contributed by atoms with E-state index in [1.807, 2.05) is 24.3 Å². The molecule has 0 saturated carbocycles. The molecule has 134 valence electrons. The molecule has 6 heteroatoms. The summed E-state index contributed by atoms with van der Waals surface area (Å²) in [5, 5.41) is 7.53. The smallest absolute Gasteiger partial charge is 0.191 e. The molecule has 0 aliphatic carbocycles. The first-order valence-corrected chi connectivity index (χ1v) is 9.15. The highest BCUT2D eigenvalue weighted by atomic mass is 35.5. The zero-order valence-electron chi connectivity index (χ0n) is 15.1. The Hall–Kier alpha value is -1.30. The van der Waals surface area contributed by atoms with Crippen LogP contribution in [0.5, 0.6) is 0 Å². The second-order valence-electron chi connectivity index (χ2n) is 6.39. The third-order valence-electron chi connectivity index (χ3n) is 4.38. The fourth-order valence-corrected chi connectivity index (χ4v) is 3.00. The van der Waals surface area contributed by atoms with Crippen molar-refractivity contribution < 1.29 is 0 Å². The number of halogens is 1. The van der Waals surface area contributed by atoms with Crippen LogP contribution in [0.25, 0.3) is 0 Å². The second-order valence-corrected chi connectivity index (χ2v) is 6.83. The number of nitrogens with one attached hydrogen (secondary N) is 2. The summed E-state index contributed by atoms with van der Waals surface area (Å²) in [6.07, 6.45) is 0. The quantitative estimate of drug-likeness (QED) is 0.608. The fraction of sp³-hybridized carbons (Fsp3) is 0.611. The van der Waals surface area contributed by atoms with Crippen LogP contribution < -0.4 is 10.6 Å². The number of benzene rings is 1. The van der Waals surface area contributed by atoms with Crippen molar-refractivity contribution in [2.45, 2.75) is 26.4 Å². The van der Waals surface area contributed by atoms with Crippen LogP contribution in [0.4, 0.5) is 0 Å². The van der Waals surface area contributed by atoms with Gasteiger partial charge < -0.3 is 15.5 Å². The lowest BCUT2D eigenvalue weighted by molar-refractivity contribution is 0.120. The molecule has 1 saturated heterocycles. The van der Waals surface area contributed by atoms with E-state index in [0.29, 0.717) is 12.6 Å². The van der Waals surface area contributed by atoms with Crippen molar-refractivity contribution in [3.63, 3.8) is 0 Å². The van der Waals surface area contributed by atoms with Crippen molar-refractivity contribution in [2.75, 3.05) is 46.3 Å². The van der Waals surface area contributed by atoms with Gasteiger partial charge in [0.1, 0.15) is 0 Å². The van der Waals surface area contributed by atoms with Gasteiger partial charge in [-0.3, -0.25) is 4.90 Å². The lowest BCUT2D eigenvalue weighted by atomic mass is 10.2. The maximum atomic E-state index is 6.03. The molecule has 1 fully saturated rings. The number of rotatable bonds is 6. The molecule has 24 heavy (non-hydrogen) atoms. The van der Waals surface area contributed by atoms with E-state index in [1.165, 1.54) is 0 Å². The van der Waals surface area contributed by atoms with Gasteiger partial charge in [-0.15, -0.1) is 0 Å². The van der Waals surface area contributed by atoms with Gasteiger partial charge in [0.15, 0.2) is 5.96 Å². The molecular formula is C18H30ClN5. The van der Waals surface area contributed by atoms with E-state index in [1.54, 1.807) is 0 Å². The predicted molar refractivity (Wildman–Crippen MR) is 103 cm³/mol. The zero-order chi connectivity index (χ0) is 17.4. The number of nitrogens with zero attached hydrogens (tertiary/aromatic N) is 3. The van der Waals surface area contributed by atoms with Gasteiger partial charge in [-0.1, -0.05) is 23.7 Å². The summed E-state index contributed by atoms with van der Waals surface area (Å²) in [5.74, 6) is 0.860. The first-order chi connectivity index (χ1) is 11.6. The molecule has 2 rings (SSSR count). The SMILES string of the molecule is CCNC(=NCc1cccc(Cl)c1)NCC(C)N1CCN(C)CC1. The lowest BCUT2D eigenvalue weighted by Gasteiger charge is -2.36. The van der Waals surface area contributed by atoms with Crippen molar-refractivity contribution in [1.29, 1.82) is 0 Å². The van der Waals surface area contributed by atoms with E-state index in [-0.39, 0.29) is 0 Å². The highest BCUT2D eigenvalue weighted by molar-refractivity contribution is 6.30. The highest BCUT2D eigenvalue weighted by Gasteiger charge is 2.18. The highest BCUT2D eigenvalue weighted by Crippen LogP contribution is 2.11. The molecule has 0 bridgehead atoms. The molecule has 0 amide bonds. The van der Waals surface area contributed by atoms with Gasteiger partial charge in [-0.25, -0.2) is 4.99 Å². The number of hydrogen-bond acceptors (Lipinski definition) is 3. The van der Waals surface area contributed by atoms with Gasteiger partial charge in [-0.05, 0) is 38.6 Å². The minimum absolute atomic E-state index is 0.494. The standard InChI is InChI=1S/C18H30ClN5/c1-4-20-18(22-14-16-6-5-7-17(19)12-16)21-13-15(2)24-10-8-23(3)9-11-24/h5-7,12,15H,4,8-11,13-14H2,1-3H3,(H2,20,21,22). The van der Waals surface area contributed by atoms with Crippen molar-refractivity contribution in [2.24, 2.45) is 4.99 Å². The van der Waals surface area contributed by atoms with Crippen LogP contribution in [0, 0.1) is 0 Å². The molecule has 0 radical (unpaired) electrons. The Morgan fingerprint density at radius 1 is 1.25 bits per heavy atom. The number of aliphatic imine (C=N–C) groups is 1. The number of guanidine groups is 1. The molecule has 1 aromatic rings. The molecule has 1 aliphatic heterocycles. The number of piperazine rings is 1. The largest absolute Gasteiger partial charge is 0.357 e. The molecule has 1 heterocycles. The molecule has 5 nitrogen and oxygen atoms in total. The van der Waals surface area contributed by atoms with Crippen LogP contribution in [0.1, 0.15) is 19.4 Å². The van der Waals surface area contributed by atoms with Gasteiger partial charge in [0, 0.05) is 50.3 Å². The molecule has 0 spiro atoms. The molecule has 1 aromatic carbocycles. The maximum absolute atomic E-state index is 6.03. The van der Waals surface area contributed by atoms with E-state index >= 15 is 0 Å². The van der Waals surface area contributed by atoms with Crippen molar-refractivity contribution in [1.82, 2.24) is 20.4 Å². The maximum Gasteiger partial charge on any atom is 0.191 e. The molecule has 1 aliphatic rings. The van der Waals surface area contributed by atoms with E-state index in [2.05, 4.69) is 46.3 Å². The number of likely N-dealkylation sites (N-methyl/N-ethyl adjacent to an activating group) is 1. The molecular weight excluding hydrogens is 322 g/mol. The van der Waals surface area contributed by atoms with E-state index in [9.17, 15) is 0 Å². The lowest BCUT2D eigenvalue weighted by Crippen LogP contribution is -2.52. The summed E-state index contributed by atoms with van der Waals surface area (Å²) in [6, 6.07) is 8.35. The van der Waals surface area contributed by atoms with Crippen molar-refractivity contribution >= 4 is 17.6 Å². The van der Waals surface area contributed by atoms with Gasteiger partial charge in [0.25, 0.3) is 0 Å². The molecule has 1 atom stereocenters. The van der Waals surface area contributed by atoms with E-state index in [0.717, 1.165) is 55.8 Å². The summed E-state index contributed by atoms with van der Waals surface area (Å²) in [4.78, 5) is 9.58. The van der Waals surface area contributed by atoms with Crippen molar-refractivity contribution in [3.8, 4) is 0 Å². The van der Waals surface area contributed by atoms with Gasteiger partial charge >= 0.3 is 0 Å². The normalized spacial score (nSPS) is 18.4. The summed E-state index contributed by atoms with van der Waals surface area (Å²) < 4.78 is 0. The summed E-state index contributed by atoms with van der Waals surface area (Å²) >= 11 is 6.03. The Kier molecular flexibility index (Phi) is 7.82. The third kappa shape index (κ3) is 6.30. The average molecular weight is 352 g/mol. The fourth-order valence-electron chi connectivity index (χ4n) is 2.78. The van der Waals surface area contributed by atoms with E-state index < -0.39 is 0 Å². The van der Waals surface area contributed by atoms with Gasteiger partial charge in [0.2, 0.25) is 0 Å². The van der Waals surface area contributed by atoms with Gasteiger partial charge in [0.05, 0.1) is 6.54 Å². The van der Waals surface area contributed by atoms with Crippen LogP contribution in [0.3, 0.4) is 0 Å². The molecule has 0 aromatic heterocycles. The summed E-state index contributed by atoms with van der Waals surface area (Å²) in [5.41, 5.74) is 1.12.